The third kappa shape index (κ3) is 4.53. The van der Waals surface area contributed by atoms with Crippen LogP contribution in [0, 0.1) is 0 Å². The molecule has 0 spiro atoms. The molecule has 9 nitrogen and oxygen atoms in total. The lowest BCUT2D eigenvalue weighted by molar-refractivity contribution is 0.0402. The highest BCUT2D eigenvalue weighted by molar-refractivity contribution is 7.86. The van der Waals surface area contributed by atoms with Crippen LogP contribution in [0.2, 0.25) is 0 Å². The van der Waals surface area contributed by atoms with Crippen molar-refractivity contribution in [1.29, 1.82) is 0 Å². The van der Waals surface area contributed by atoms with Crippen LogP contribution in [0.4, 0.5) is 4.79 Å². The fourth-order valence-electron chi connectivity index (χ4n) is 2.59. The molecule has 1 amide bonds. The topological polar surface area (TPSA) is 116 Å². The zero-order chi connectivity index (χ0) is 15.8. The SMILES string of the molecule is CS(=O)(=O)OC[C@@H]1C[C@H](OS(C)(=O)=O)C[C@@H]2COC(=O)N12. The van der Waals surface area contributed by atoms with Gasteiger partial charge in [0, 0.05) is 0 Å². The van der Waals surface area contributed by atoms with Crippen molar-refractivity contribution in [3.63, 3.8) is 0 Å². The molecule has 0 N–H and O–H groups in total. The second-order valence-electron chi connectivity index (χ2n) is 5.17. The van der Waals surface area contributed by atoms with Gasteiger partial charge < -0.3 is 4.74 Å². The molecule has 2 heterocycles. The average Bonchev–Trinajstić information content (AvgIpc) is 2.65. The Morgan fingerprint density at radius 3 is 2.43 bits per heavy atom. The van der Waals surface area contributed by atoms with Gasteiger partial charge in [0.25, 0.3) is 20.2 Å². The normalized spacial score (nSPS) is 30.1. The van der Waals surface area contributed by atoms with E-state index in [1.807, 2.05) is 0 Å². The summed E-state index contributed by atoms with van der Waals surface area (Å²) in [4.78, 5) is 13.1. The molecule has 2 aliphatic rings. The van der Waals surface area contributed by atoms with Crippen LogP contribution in [0.1, 0.15) is 12.8 Å². The predicted octanol–water partition coefficient (Wildman–Crippen LogP) is -0.709. The summed E-state index contributed by atoms with van der Waals surface area (Å²) in [6.07, 6.45) is 1.13. The Morgan fingerprint density at radius 2 is 1.86 bits per heavy atom. The van der Waals surface area contributed by atoms with Gasteiger partial charge in [-0.1, -0.05) is 0 Å². The Morgan fingerprint density at radius 1 is 1.19 bits per heavy atom. The van der Waals surface area contributed by atoms with Gasteiger partial charge in [-0.25, -0.2) is 4.79 Å². The van der Waals surface area contributed by atoms with Gasteiger partial charge in [-0.05, 0) is 12.8 Å². The van der Waals surface area contributed by atoms with Crippen LogP contribution >= 0.6 is 0 Å². The first-order valence-electron chi connectivity index (χ1n) is 6.23. The molecule has 0 radical (unpaired) electrons. The number of cyclic esters (lactones) is 1. The standard InChI is InChI=1S/C10H17NO8S2/c1-20(13,14)18-6-8-4-9(19-21(2,15)16)3-7-5-17-10(12)11(7)8/h7-9H,3-6H2,1-2H3/t7-,8+,9-/m1/s1. The molecule has 0 aromatic carbocycles. The molecule has 0 bridgehead atoms. The third-order valence-electron chi connectivity index (χ3n) is 3.25. The zero-order valence-electron chi connectivity index (χ0n) is 11.6. The number of hydrogen-bond acceptors (Lipinski definition) is 8. The molecule has 0 aliphatic carbocycles. The Labute approximate surface area is 123 Å². The molecule has 2 rings (SSSR count). The second kappa shape index (κ2) is 5.71. The maximum Gasteiger partial charge on any atom is 0.410 e. The Hall–Kier alpha value is -0.910. The summed E-state index contributed by atoms with van der Waals surface area (Å²) < 4.78 is 59.2. The molecule has 2 saturated heterocycles. The summed E-state index contributed by atoms with van der Waals surface area (Å²) in [6.45, 7) is -0.133. The number of amides is 1. The fraction of sp³-hybridized carbons (Fsp3) is 0.900. The quantitative estimate of drug-likeness (QED) is 0.601. The molecule has 0 aromatic rings. The maximum absolute atomic E-state index is 11.7. The van der Waals surface area contributed by atoms with Gasteiger partial charge in [0.05, 0.1) is 37.3 Å². The molecule has 0 aromatic heterocycles. The molecule has 3 atom stereocenters. The smallest absolute Gasteiger partial charge is 0.410 e. The minimum Gasteiger partial charge on any atom is -0.447 e. The van der Waals surface area contributed by atoms with E-state index in [0.29, 0.717) is 6.42 Å². The van der Waals surface area contributed by atoms with Gasteiger partial charge >= 0.3 is 6.09 Å². The highest BCUT2D eigenvalue weighted by Crippen LogP contribution is 2.31. The van der Waals surface area contributed by atoms with Crippen LogP contribution < -0.4 is 0 Å². The van der Waals surface area contributed by atoms with E-state index >= 15 is 0 Å². The largest absolute Gasteiger partial charge is 0.447 e. The number of ether oxygens (including phenoxy) is 1. The van der Waals surface area contributed by atoms with Crippen molar-refractivity contribution in [2.75, 3.05) is 25.7 Å². The molecular weight excluding hydrogens is 326 g/mol. The van der Waals surface area contributed by atoms with Crippen molar-refractivity contribution in [1.82, 2.24) is 4.90 Å². The number of piperidine rings is 1. The fourth-order valence-corrected chi connectivity index (χ4v) is 3.65. The lowest BCUT2D eigenvalue weighted by Crippen LogP contribution is -2.52. The van der Waals surface area contributed by atoms with Crippen molar-refractivity contribution < 1.29 is 34.7 Å². The Bertz CT molecular complexity index is 613. The Balaban J connectivity index is 2.11. The van der Waals surface area contributed by atoms with E-state index in [-0.39, 0.29) is 25.7 Å². The van der Waals surface area contributed by atoms with Crippen LogP contribution in [0.15, 0.2) is 0 Å². The monoisotopic (exact) mass is 343 g/mol. The number of hydrogen-bond donors (Lipinski definition) is 0. The van der Waals surface area contributed by atoms with E-state index in [1.54, 1.807) is 0 Å². The molecule has 0 saturated carbocycles. The van der Waals surface area contributed by atoms with E-state index in [0.717, 1.165) is 12.5 Å². The van der Waals surface area contributed by atoms with E-state index in [1.165, 1.54) is 4.90 Å². The van der Waals surface area contributed by atoms with Gasteiger partial charge in [0.2, 0.25) is 0 Å². The van der Waals surface area contributed by atoms with Crippen LogP contribution in [0.5, 0.6) is 0 Å². The molecule has 122 valence electrons. The number of carbonyl (C=O) groups is 1. The molecule has 21 heavy (non-hydrogen) atoms. The van der Waals surface area contributed by atoms with Crippen LogP contribution in [-0.2, 0) is 33.3 Å². The van der Waals surface area contributed by atoms with E-state index in [4.69, 9.17) is 13.1 Å². The summed E-state index contributed by atoms with van der Waals surface area (Å²) in [6, 6.07) is -0.952. The van der Waals surface area contributed by atoms with E-state index in [9.17, 15) is 21.6 Å². The number of nitrogens with zero attached hydrogens (tertiary/aromatic N) is 1. The van der Waals surface area contributed by atoms with E-state index < -0.39 is 38.5 Å². The van der Waals surface area contributed by atoms with Gasteiger partial charge in [-0.15, -0.1) is 0 Å². The zero-order valence-corrected chi connectivity index (χ0v) is 13.2. The van der Waals surface area contributed by atoms with Gasteiger partial charge in [0.1, 0.15) is 6.61 Å². The molecule has 11 heteroatoms. The molecule has 2 fully saturated rings. The average molecular weight is 343 g/mol. The first-order valence-corrected chi connectivity index (χ1v) is 9.86. The minimum absolute atomic E-state index is 0.123. The van der Waals surface area contributed by atoms with Crippen molar-refractivity contribution >= 4 is 26.3 Å². The third-order valence-corrected chi connectivity index (χ3v) is 4.44. The van der Waals surface area contributed by atoms with Crippen LogP contribution in [0.3, 0.4) is 0 Å². The van der Waals surface area contributed by atoms with Gasteiger partial charge in [-0.2, -0.15) is 16.8 Å². The number of carbonyl (C=O) groups excluding carboxylic acids is 1. The first kappa shape index (κ1) is 16.5. The maximum atomic E-state index is 11.7. The molecule has 2 aliphatic heterocycles. The number of fused-ring (bicyclic) bond motifs is 1. The minimum atomic E-state index is -3.66. The van der Waals surface area contributed by atoms with Crippen LogP contribution in [-0.4, -0.2) is 71.7 Å². The Kier molecular flexibility index (Phi) is 4.47. The summed E-state index contributed by atoms with van der Waals surface area (Å²) in [5, 5.41) is 0. The van der Waals surface area contributed by atoms with Crippen molar-refractivity contribution in [2.24, 2.45) is 0 Å². The van der Waals surface area contributed by atoms with Crippen LogP contribution in [0.25, 0.3) is 0 Å². The summed E-state index contributed by atoms with van der Waals surface area (Å²) >= 11 is 0. The summed E-state index contributed by atoms with van der Waals surface area (Å²) in [5.74, 6) is 0. The van der Waals surface area contributed by atoms with Crippen molar-refractivity contribution in [2.45, 2.75) is 31.0 Å². The summed E-state index contributed by atoms with van der Waals surface area (Å²) in [5.41, 5.74) is 0. The van der Waals surface area contributed by atoms with Gasteiger partial charge in [-0.3, -0.25) is 13.3 Å². The van der Waals surface area contributed by atoms with E-state index in [2.05, 4.69) is 0 Å². The van der Waals surface area contributed by atoms with Gasteiger partial charge in [0.15, 0.2) is 0 Å². The highest BCUT2D eigenvalue weighted by atomic mass is 32.2. The summed E-state index contributed by atoms with van der Waals surface area (Å²) in [7, 11) is -7.30. The lowest BCUT2D eigenvalue weighted by Gasteiger charge is -2.38. The highest BCUT2D eigenvalue weighted by Gasteiger charge is 2.45. The van der Waals surface area contributed by atoms with Crippen molar-refractivity contribution in [3.8, 4) is 0 Å². The molecule has 0 unspecified atom stereocenters. The predicted molar refractivity (Wildman–Crippen MR) is 70.5 cm³/mol. The lowest BCUT2D eigenvalue weighted by atomic mass is 9.95. The van der Waals surface area contributed by atoms with Crippen molar-refractivity contribution in [3.05, 3.63) is 0 Å². The number of rotatable bonds is 5. The second-order valence-corrected chi connectivity index (χ2v) is 8.42. The molecular formula is C10H17NO8S2. The first-order chi connectivity index (χ1) is 9.55.